The van der Waals surface area contributed by atoms with Gasteiger partial charge in [-0.15, -0.1) is 0 Å². The minimum Gasteiger partial charge on any atom is -0.399 e. The molecule has 0 aromatic carbocycles. The average molecular weight is 377 g/mol. The minimum atomic E-state index is -2.61. The van der Waals surface area contributed by atoms with Gasteiger partial charge in [0.25, 0.3) is 5.92 Å². The predicted molar refractivity (Wildman–Crippen MR) is 96.2 cm³/mol. The van der Waals surface area contributed by atoms with E-state index >= 15 is 0 Å². The first-order chi connectivity index (χ1) is 12.5. The van der Waals surface area contributed by atoms with Crippen LogP contribution in [0.1, 0.15) is 33.5 Å². The van der Waals surface area contributed by atoms with Gasteiger partial charge in [0, 0.05) is 17.9 Å². The van der Waals surface area contributed by atoms with E-state index in [-0.39, 0.29) is 13.1 Å². The van der Waals surface area contributed by atoms with Gasteiger partial charge in [0.2, 0.25) is 0 Å². The number of hydrogen-bond acceptors (Lipinski definition) is 6. The lowest BCUT2D eigenvalue weighted by Crippen LogP contribution is -2.56. The molecule has 0 N–H and O–H groups in total. The third-order valence-corrected chi connectivity index (χ3v) is 5.38. The highest BCUT2D eigenvalue weighted by Crippen LogP contribution is 2.36. The molecule has 2 aromatic rings. The van der Waals surface area contributed by atoms with E-state index in [1.54, 1.807) is 28.2 Å². The summed E-state index contributed by atoms with van der Waals surface area (Å²) in [5, 5.41) is 4.32. The standard InChI is InChI=1S/C17H22BF2N5O2/c1-15(2)16(3,4)27-18(26-15)12-5-23-25(8-12)9-14-21-6-13(7-22-14)24-10-17(19,20)11-24/h5-8H,9-11H2,1-4H3. The third-order valence-electron chi connectivity index (χ3n) is 5.38. The van der Waals surface area contributed by atoms with E-state index < -0.39 is 24.2 Å². The summed E-state index contributed by atoms with van der Waals surface area (Å²) in [6.07, 6.45) is 6.68. The van der Waals surface area contributed by atoms with Crippen molar-refractivity contribution in [3.63, 3.8) is 0 Å². The third kappa shape index (κ3) is 3.43. The van der Waals surface area contributed by atoms with Gasteiger partial charge in [-0.3, -0.25) is 4.68 Å². The molecule has 144 valence electrons. The summed E-state index contributed by atoms with van der Waals surface area (Å²) in [4.78, 5) is 10.1. The molecule has 0 atom stereocenters. The summed E-state index contributed by atoms with van der Waals surface area (Å²) in [5.41, 5.74) is 0.606. The fraction of sp³-hybridized carbons (Fsp3) is 0.588. The topological polar surface area (TPSA) is 65.3 Å². The highest BCUT2D eigenvalue weighted by molar-refractivity contribution is 6.61. The van der Waals surface area contributed by atoms with E-state index in [0.717, 1.165) is 5.46 Å². The van der Waals surface area contributed by atoms with Crippen molar-refractivity contribution in [3.8, 4) is 0 Å². The normalized spacial score (nSPS) is 22.7. The number of hydrogen-bond donors (Lipinski definition) is 0. The number of rotatable bonds is 4. The second kappa shape index (κ2) is 5.97. The van der Waals surface area contributed by atoms with E-state index in [2.05, 4.69) is 15.1 Å². The van der Waals surface area contributed by atoms with Crippen molar-refractivity contribution in [1.29, 1.82) is 0 Å². The molecule has 4 heterocycles. The van der Waals surface area contributed by atoms with Crippen LogP contribution in [-0.2, 0) is 15.9 Å². The second-order valence-electron chi connectivity index (χ2n) is 8.13. The molecule has 2 aliphatic heterocycles. The Morgan fingerprint density at radius 2 is 1.63 bits per heavy atom. The van der Waals surface area contributed by atoms with Crippen molar-refractivity contribution in [2.75, 3.05) is 18.0 Å². The van der Waals surface area contributed by atoms with Gasteiger partial charge in [-0.1, -0.05) is 0 Å². The van der Waals surface area contributed by atoms with Crippen LogP contribution in [0, 0.1) is 0 Å². The van der Waals surface area contributed by atoms with Gasteiger partial charge in [0.05, 0.1) is 42.4 Å². The highest BCUT2D eigenvalue weighted by atomic mass is 19.3. The molecule has 0 saturated carbocycles. The molecular weight excluding hydrogens is 355 g/mol. The Morgan fingerprint density at radius 3 is 2.19 bits per heavy atom. The molecular formula is C17H22BF2N5O2. The summed E-state index contributed by atoms with van der Waals surface area (Å²) in [6, 6.07) is 0. The Balaban J connectivity index is 1.40. The maximum atomic E-state index is 13.0. The first-order valence-electron chi connectivity index (χ1n) is 8.86. The van der Waals surface area contributed by atoms with E-state index in [9.17, 15) is 8.78 Å². The van der Waals surface area contributed by atoms with Gasteiger partial charge in [-0.25, -0.2) is 18.7 Å². The van der Waals surface area contributed by atoms with Crippen LogP contribution in [0.15, 0.2) is 24.8 Å². The Morgan fingerprint density at radius 1 is 1.04 bits per heavy atom. The fourth-order valence-electron chi connectivity index (χ4n) is 3.00. The van der Waals surface area contributed by atoms with Gasteiger partial charge in [-0.05, 0) is 27.7 Å². The predicted octanol–water partition coefficient (Wildman–Crippen LogP) is 1.48. The van der Waals surface area contributed by atoms with E-state index in [1.807, 2.05) is 33.9 Å². The molecule has 2 aliphatic rings. The molecule has 4 rings (SSSR count). The molecule has 2 saturated heterocycles. The molecule has 7 nitrogen and oxygen atoms in total. The lowest BCUT2D eigenvalue weighted by atomic mass is 9.82. The SMILES string of the molecule is CC1(C)OB(c2cnn(Cc3ncc(N4CC(F)(F)C4)cn3)c2)OC1(C)C. The van der Waals surface area contributed by atoms with Crippen LogP contribution in [-0.4, -0.2) is 57.1 Å². The zero-order chi connectivity index (χ0) is 19.4. The maximum Gasteiger partial charge on any atom is 0.498 e. The minimum absolute atomic E-state index is 0.285. The molecule has 2 fully saturated rings. The molecule has 0 unspecified atom stereocenters. The second-order valence-corrected chi connectivity index (χ2v) is 8.13. The molecule has 2 aromatic heterocycles. The molecule has 0 bridgehead atoms. The summed E-state index contributed by atoms with van der Waals surface area (Å²) < 4.78 is 39.6. The Kier molecular flexibility index (Phi) is 4.05. The Hall–Kier alpha value is -2.07. The average Bonchev–Trinajstić information content (AvgIpc) is 3.08. The number of anilines is 1. The zero-order valence-electron chi connectivity index (χ0n) is 15.8. The maximum absolute atomic E-state index is 13.0. The van der Waals surface area contributed by atoms with Crippen molar-refractivity contribution in [2.24, 2.45) is 0 Å². The van der Waals surface area contributed by atoms with E-state index in [0.29, 0.717) is 18.1 Å². The van der Waals surface area contributed by atoms with Crippen LogP contribution in [0.2, 0.25) is 0 Å². The van der Waals surface area contributed by atoms with Gasteiger partial charge in [-0.2, -0.15) is 5.10 Å². The molecule has 10 heteroatoms. The fourth-order valence-corrected chi connectivity index (χ4v) is 3.00. The Labute approximate surface area is 156 Å². The monoisotopic (exact) mass is 377 g/mol. The van der Waals surface area contributed by atoms with Gasteiger partial charge in [0.15, 0.2) is 0 Å². The summed E-state index contributed by atoms with van der Waals surface area (Å²) in [6.45, 7) is 7.80. The van der Waals surface area contributed by atoms with Crippen LogP contribution in [0.25, 0.3) is 0 Å². The van der Waals surface area contributed by atoms with Crippen LogP contribution in [0.3, 0.4) is 0 Å². The van der Waals surface area contributed by atoms with Gasteiger partial charge < -0.3 is 14.2 Å². The number of alkyl halides is 2. The number of nitrogens with zero attached hydrogens (tertiary/aromatic N) is 5. The quantitative estimate of drug-likeness (QED) is 0.753. The van der Waals surface area contributed by atoms with Crippen LogP contribution < -0.4 is 10.4 Å². The van der Waals surface area contributed by atoms with Gasteiger partial charge >= 0.3 is 7.12 Å². The molecule has 27 heavy (non-hydrogen) atoms. The smallest absolute Gasteiger partial charge is 0.399 e. The summed E-state index contributed by atoms with van der Waals surface area (Å²) in [5.74, 6) is -2.06. The summed E-state index contributed by atoms with van der Waals surface area (Å²) >= 11 is 0. The molecule has 0 aliphatic carbocycles. The van der Waals surface area contributed by atoms with Crippen molar-refractivity contribution in [1.82, 2.24) is 19.7 Å². The molecule has 0 spiro atoms. The van der Waals surface area contributed by atoms with Crippen LogP contribution in [0.5, 0.6) is 0 Å². The molecule has 0 radical (unpaired) electrons. The lowest BCUT2D eigenvalue weighted by Gasteiger charge is -2.39. The van der Waals surface area contributed by atoms with E-state index in [4.69, 9.17) is 9.31 Å². The summed E-state index contributed by atoms with van der Waals surface area (Å²) in [7, 11) is -0.472. The lowest BCUT2D eigenvalue weighted by molar-refractivity contribution is -0.0263. The van der Waals surface area contributed by atoms with Crippen molar-refractivity contribution < 1.29 is 18.1 Å². The van der Waals surface area contributed by atoms with Crippen molar-refractivity contribution in [3.05, 3.63) is 30.6 Å². The number of halogens is 2. The highest BCUT2D eigenvalue weighted by Gasteiger charge is 2.52. The van der Waals surface area contributed by atoms with E-state index in [1.165, 1.54) is 0 Å². The molecule has 0 amide bonds. The zero-order valence-corrected chi connectivity index (χ0v) is 15.8. The first kappa shape index (κ1) is 18.3. The number of aromatic nitrogens is 4. The van der Waals surface area contributed by atoms with Crippen LogP contribution in [0.4, 0.5) is 14.5 Å². The Bertz CT molecular complexity index is 816. The van der Waals surface area contributed by atoms with Gasteiger partial charge in [0.1, 0.15) is 12.4 Å². The van der Waals surface area contributed by atoms with Crippen molar-refractivity contribution in [2.45, 2.75) is 51.4 Å². The van der Waals surface area contributed by atoms with Crippen LogP contribution >= 0.6 is 0 Å². The first-order valence-corrected chi connectivity index (χ1v) is 8.86. The largest absolute Gasteiger partial charge is 0.498 e. The van der Waals surface area contributed by atoms with Crippen molar-refractivity contribution >= 4 is 18.3 Å².